The Bertz CT molecular complexity index is 1230. The molecule has 5 rings (SSSR count). The van der Waals surface area contributed by atoms with Crippen LogP contribution in [0.2, 0.25) is 0 Å². The first-order chi connectivity index (χ1) is 15.0. The summed E-state index contributed by atoms with van der Waals surface area (Å²) >= 11 is 3.52. The van der Waals surface area contributed by atoms with E-state index in [1.807, 2.05) is 0 Å². The van der Waals surface area contributed by atoms with Crippen LogP contribution >= 0.6 is 15.9 Å². The van der Waals surface area contributed by atoms with Crippen molar-refractivity contribution in [1.82, 2.24) is 34.4 Å². The van der Waals surface area contributed by atoms with Gasteiger partial charge in [0, 0.05) is 26.2 Å². The molecule has 0 spiro atoms. The number of aryl methyl sites for hydroxylation is 2. The van der Waals surface area contributed by atoms with Crippen LogP contribution in [0.15, 0.2) is 22.8 Å². The van der Waals surface area contributed by atoms with Crippen LogP contribution in [0.25, 0.3) is 16.7 Å². The van der Waals surface area contributed by atoms with Gasteiger partial charge in [0.2, 0.25) is 18.3 Å². The van der Waals surface area contributed by atoms with Crippen LogP contribution in [0.1, 0.15) is 17.0 Å². The van der Waals surface area contributed by atoms with Crippen molar-refractivity contribution in [3.05, 3.63) is 39.8 Å². The Morgan fingerprint density at radius 3 is 2.68 bits per heavy atom. The highest BCUT2D eigenvalue weighted by Crippen LogP contribution is 2.23. The van der Waals surface area contributed by atoms with E-state index in [4.69, 9.17) is 9.97 Å². The summed E-state index contributed by atoms with van der Waals surface area (Å²) in [6, 6.07) is 4.21. The van der Waals surface area contributed by atoms with Crippen molar-refractivity contribution < 1.29 is 4.79 Å². The molecular formula is C20H22BrN9O. The number of aromatic nitrogens is 6. The lowest BCUT2D eigenvalue weighted by Crippen LogP contribution is -2.46. The van der Waals surface area contributed by atoms with Gasteiger partial charge in [-0.05, 0) is 53.0 Å². The third-order valence-corrected chi connectivity index (χ3v) is 6.18. The Morgan fingerprint density at radius 2 is 1.90 bits per heavy atom. The van der Waals surface area contributed by atoms with Crippen molar-refractivity contribution in [2.45, 2.75) is 20.4 Å². The van der Waals surface area contributed by atoms with E-state index < -0.39 is 0 Å². The number of imidazole rings is 1. The molecule has 1 aliphatic rings. The van der Waals surface area contributed by atoms with E-state index in [1.54, 1.807) is 15.6 Å². The van der Waals surface area contributed by atoms with Crippen LogP contribution in [0, 0.1) is 13.8 Å². The zero-order valence-corrected chi connectivity index (χ0v) is 18.8. The van der Waals surface area contributed by atoms with Crippen LogP contribution in [-0.2, 0) is 11.3 Å². The molecule has 0 bridgehead atoms. The van der Waals surface area contributed by atoms with Crippen molar-refractivity contribution in [3.63, 3.8) is 0 Å². The lowest BCUT2D eigenvalue weighted by molar-refractivity contribution is -0.118. The summed E-state index contributed by atoms with van der Waals surface area (Å²) in [6.07, 6.45) is 2.59. The molecule has 11 heteroatoms. The molecule has 1 fully saturated rings. The molecular weight excluding hydrogens is 462 g/mol. The van der Waals surface area contributed by atoms with Gasteiger partial charge in [-0.3, -0.25) is 4.79 Å². The molecule has 1 amide bonds. The van der Waals surface area contributed by atoms with Gasteiger partial charge in [-0.15, -0.1) is 0 Å². The average Bonchev–Trinajstić information content (AvgIpc) is 3.35. The summed E-state index contributed by atoms with van der Waals surface area (Å²) in [6.45, 7) is 7.32. The van der Waals surface area contributed by atoms with E-state index in [2.05, 4.69) is 67.2 Å². The first kappa shape index (κ1) is 19.7. The zero-order valence-electron chi connectivity index (χ0n) is 17.3. The topological polar surface area (TPSA) is 107 Å². The number of fused-ring (bicyclic) bond motifs is 2. The number of hydrogen-bond acceptors (Lipinski definition) is 7. The van der Waals surface area contributed by atoms with Crippen molar-refractivity contribution in [2.75, 3.05) is 36.4 Å². The quantitative estimate of drug-likeness (QED) is 0.419. The third kappa shape index (κ3) is 3.69. The maximum atomic E-state index is 11.0. The molecule has 1 saturated heterocycles. The van der Waals surface area contributed by atoms with Gasteiger partial charge in [-0.2, -0.15) is 19.6 Å². The summed E-state index contributed by atoms with van der Waals surface area (Å²) in [7, 11) is 0. The first-order valence-corrected chi connectivity index (χ1v) is 10.9. The third-order valence-electron chi connectivity index (χ3n) is 5.62. The molecule has 31 heavy (non-hydrogen) atoms. The highest BCUT2D eigenvalue weighted by atomic mass is 79.9. The molecule has 0 atom stereocenters. The molecule has 160 valence electrons. The zero-order chi connectivity index (χ0) is 21.5. The molecule has 0 radical (unpaired) electrons. The lowest BCUT2D eigenvalue weighted by atomic mass is 10.1. The fourth-order valence-electron chi connectivity index (χ4n) is 3.69. The Balaban J connectivity index is 1.43. The second kappa shape index (κ2) is 7.80. The number of halogens is 1. The minimum Gasteiger partial charge on any atom is -0.347 e. The number of aromatic amines is 1. The van der Waals surface area contributed by atoms with Crippen LogP contribution in [0.5, 0.6) is 0 Å². The van der Waals surface area contributed by atoms with Gasteiger partial charge < -0.3 is 20.1 Å². The number of H-pyrrole nitrogens is 1. The van der Waals surface area contributed by atoms with Gasteiger partial charge in [-0.1, -0.05) is 0 Å². The normalized spacial score (nSPS) is 14.5. The van der Waals surface area contributed by atoms with E-state index in [1.165, 1.54) is 11.1 Å². The smallest absolute Gasteiger partial charge is 0.230 e. The first-order valence-electron chi connectivity index (χ1n) is 10.1. The summed E-state index contributed by atoms with van der Waals surface area (Å²) in [5.74, 6) is 2.01. The largest absolute Gasteiger partial charge is 0.347 e. The lowest BCUT2D eigenvalue weighted by Gasteiger charge is -2.32. The Morgan fingerprint density at radius 1 is 1.13 bits per heavy atom. The number of nitrogens with one attached hydrogen (secondary N) is 2. The van der Waals surface area contributed by atoms with E-state index in [0.717, 1.165) is 27.7 Å². The maximum Gasteiger partial charge on any atom is 0.230 e. The van der Waals surface area contributed by atoms with Crippen molar-refractivity contribution in [1.29, 1.82) is 0 Å². The van der Waals surface area contributed by atoms with Gasteiger partial charge in [-0.25, -0.2) is 4.98 Å². The Labute approximate surface area is 186 Å². The molecule has 4 aromatic rings. The fraction of sp³-hybridized carbons (Fsp3) is 0.350. The van der Waals surface area contributed by atoms with Crippen LogP contribution in [0.3, 0.4) is 0 Å². The average molecular weight is 484 g/mol. The van der Waals surface area contributed by atoms with Crippen molar-refractivity contribution >= 4 is 50.9 Å². The van der Waals surface area contributed by atoms with Crippen molar-refractivity contribution in [3.8, 4) is 0 Å². The number of carbonyl (C=O) groups is 1. The Kier molecular flexibility index (Phi) is 4.97. The Hall–Kier alpha value is -3.21. The molecule has 0 unspecified atom stereocenters. The molecule has 3 aromatic heterocycles. The number of carbonyl (C=O) groups excluding carboxylic acids is 1. The van der Waals surface area contributed by atoms with E-state index in [9.17, 15) is 4.79 Å². The van der Waals surface area contributed by atoms with Gasteiger partial charge in [0.05, 0.1) is 28.2 Å². The number of rotatable bonds is 5. The van der Waals surface area contributed by atoms with Crippen LogP contribution in [0.4, 0.5) is 11.9 Å². The van der Waals surface area contributed by atoms with Gasteiger partial charge >= 0.3 is 0 Å². The minimum absolute atomic E-state index is 0.467. The highest BCUT2D eigenvalue weighted by Gasteiger charge is 2.21. The summed E-state index contributed by atoms with van der Waals surface area (Å²) in [4.78, 5) is 32.3. The van der Waals surface area contributed by atoms with E-state index in [0.29, 0.717) is 50.3 Å². The predicted molar refractivity (Wildman–Crippen MR) is 121 cm³/mol. The predicted octanol–water partition coefficient (Wildman–Crippen LogP) is 2.27. The summed E-state index contributed by atoms with van der Waals surface area (Å²) in [5, 5.41) is 7.74. The minimum atomic E-state index is 0.467. The summed E-state index contributed by atoms with van der Waals surface area (Å²) in [5.41, 5.74) is 5.10. The fourth-order valence-corrected chi connectivity index (χ4v) is 4.04. The van der Waals surface area contributed by atoms with E-state index >= 15 is 0 Å². The highest BCUT2D eigenvalue weighted by molar-refractivity contribution is 9.10. The number of benzene rings is 1. The molecule has 1 aliphatic heterocycles. The standard InChI is InChI=1S/C20H22BrN9O/c1-12-7-15-16(8-13(12)2)25-17(24-15)10-22-19-27-20(26-18-14(21)9-23-30(18)19)29-5-3-28(11-31)4-6-29/h7-9,11H,3-6,10H2,1-2H3,(H,24,25)(H,22,26,27). The molecule has 4 heterocycles. The second-order valence-corrected chi connectivity index (χ2v) is 8.55. The molecule has 0 aliphatic carbocycles. The van der Waals surface area contributed by atoms with Crippen molar-refractivity contribution in [2.24, 2.45) is 0 Å². The number of nitrogens with zero attached hydrogens (tertiary/aromatic N) is 7. The second-order valence-electron chi connectivity index (χ2n) is 7.69. The van der Waals surface area contributed by atoms with Gasteiger partial charge in [0.25, 0.3) is 0 Å². The van der Waals surface area contributed by atoms with E-state index in [-0.39, 0.29) is 0 Å². The van der Waals surface area contributed by atoms with Crippen LogP contribution in [-0.4, -0.2) is 67.0 Å². The monoisotopic (exact) mass is 483 g/mol. The molecule has 10 nitrogen and oxygen atoms in total. The summed E-state index contributed by atoms with van der Waals surface area (Å²) < 4.78 is 2.46. The number of hydrogen-bond donors (Lipinski definition) is 2. The SMILES string of the molecule is Cc1cc2nc(CNc3nc(N4CCN(C=O)CC4)nc4c(Br)cnn34)[nH]c2cc1C. The number of piperazine rings is 1. The van der Waals surface area contributed by atoms with Gasteiger partial charge in [0.1, 0.15) is 5.82 Å². The maximum absolute atomic E-state index is 11.0. The number of amides is 1. The number of anilines is 2. The van der Waals surface area contributed by atoms with Crippen LogP contribution < -0.4 is 10.2 Å². The molecule has 0 saturated carbocycles. The molecule has 2 N–H and O–H groups in total. The molecule has 1 aromatic carbocycles. The van der Waals surface area contributed by atoms with Gasteiger partial charge in [0.15, 0.2) is 5.65 Å².